The predicted molar refractivity (Wildman–Crippen MR) is 45.7 cm³/mol. The Hall–Kier alpha value is -1.15. The van der Waals surface area contributed by atoms with Gasteiger partial charge in [0.05, 0.1) is 0 Å². The number of rotatable bonds is 2. The Kier molecular flexibility index (Phi) is 3.00. The molecule has 0 N–H and O–H groups in total. The fourth-order valence-corrected chi connectivity index (χ4v) is 0.910. The van der Waals surface area contributed by atoms with Crippen LogP contribution in [-0.4, -0.2) is 5.78 Å². The van der Waals surface area contributed by atoms with Crippen LogP contribution >= 0.6 is 11.6 Å². The van der Waals surface area contributed by atoms with E-state index in [9.17, 15) is 9.18 Å². The summed E-state index contributed by atoms with van der Waals surface area (Å²) in [5.41, 5.74) is 1.40. The lowest BCUT2D eigenvalue weighted by atomic mass is 10.1. The third-order valence-electron chi connectivity index (χ3n) is 1.32. The normalized spacial score (nSPS) is 10.5. The minimum absolute atomic E-state index is 0.298. The molecule has 3 heteroatoms. The summed E-state index contributed by atoms with van der Waals surface area (Å²) in [6.07, 6.45) is 1.18. The molecule has 0 saturated carbocycles. The minimum atomic E-state index is -0.427. The molecule has 1 nitrogen and oxygen atoms in total. The summed E-state index contributed by atoms with van der Waals surface area (Å²) in [6, 6.07) is 5.45. The van der Waals surface area contributed by atoms with Crippen LogP contribution in [0, 0.1) is 5.82 Å². The summed E-state index contributed by atoms with van der Waals surface area (Å²) in [6.45, 7) is 0. The molecular formula is C9H6ClFO. The van der Waals surface area contributed by atoms with Crippen LogP contribution in [0.5, 0.6) is 0 Å². The first kappa shape index (κ1) is 8.94. The topological polar surface area (TPSA) is 17.1 Å². The summed E-state index contributed by atoms with van der Waals surface area (Å²) in [4.78, 5) is 11.1. The molecular weight excluding hydrogens is 179 g/mol. The van der Waals surface area contributed by atoms with Crippen molar-refractivity contribution in [2.45, 2.75) is 0 Å². The smallest absolute Gasteiger partial charge is 0.186 e. The number of benzene rings is 1. The van der Waals surface area contributed by atoms with Crippen LogP contribution in [0.2, 0.25) is 0 Å². The van der Waals surface area contributed by atoms with Gasteiger partial charge in [0.1, 0.15) is 5.82 Å². The van der Waals surface area contributed by atoms with Crippen LogP contribution in [0.1, 0.15) is 10.4 Å². The fourth-order valence-electron chi connectivity index (χ4n) is 0.795. The molecule has 0 aliphatic heterocycles. The highest BCUT2D eigenvalue weighted by Crippen LogP contribution is 2.05. The number of ketones is 1. The summed E-state index contributed by atoms with van der Waals surface area (Å²) in [7, 11) is 0. The number of carbonyl (C=O) groups is 1. The Labute approximate surface area is 74.5 Å². The molecule has 0 heterocycles. The standard InChI is InChI=1S/C9H6ClFO/c10-5-4-9(12)7-2-1-3-8(11)6-7/h1-6H/b5-4+. The van der Waals surface area contributed by atoms with Gasteiger partial charge in [-0.3, -0.25) is 4.79 Å². The van der Waals surface area contributed by atoms with Crippen molar-refractivity contribution >= 4 is 17.4 Å². The zero-order valence-corrected chi connectivity index (χ0v) is 6.88. The van der Waals surface area contributed by atoms with E-state index in [1.807, 2.05) is 0 Å². The molecule has 0 unspecified atom stereocenters. The molecule has 0 bridgehead atoms. The molecule has 0 aliphatic rings. The summed E-state index contributed by atoms with van der Waals surface area (Å²) < 4.78 is 12.6. The van der Waals surface area contributed by atoms with Crippen LogP contribution in [-0.2, 0) is 0 Å². The maximum Gasteiger partial charge on any atom is 0.186 e. The van der Waals surface area contributed by atoms with Crippen LogP contribution in [0.15, 0.2) is 35.9 Å². The number of hydrogen-bond acceptors (Lipinski definition) is 1. The minimum Gasteiger partial charge on any atom is -0.289 e. The highest BCUT2D eigenvalue weighted by molar-refractivity contribution is 6.27. The zero-order chi connectivity index (χ0) is 8.97. The molecule has 1 aromatic rings. The molecule has 0 spiro atoms. The number of carbonyl (C=O) groups excluding carboxylic acids is 1. The molecule has 0 saturated heterocycles. The highest BCUT2D eigenvalue weighted by Gasteiger charge is 2.01. The number of halogens is 2. The second-order valence-corrected chi connectivity index (χ2v) is 2.42. The molecule has 0 atom stereocenters. The van der Waals surface area contributed by atoms with Crippen molar-refractivity contribution in [3.63, 3.8) is 0 Å². The molecule has 0 amide bonds. The largest absolute Gasteiger partial charge is 0.289 e. The van der Waals surface area contributed by atoms with E-state index in [4.69, 9.17) is 11.6 Å². The van der Waals surface area contributed by atoms with Crippen molar-refractivity contribution in [3.8, 4) is 0 Å². The van der Waals surface area contributed by atoms with Gasteiger partial charge in [-0.25, -0.2) is 4.39 Å². The lowest BCUT2D eigenvalue weighted by Crippen LogP contribution is -1.93. The second kappa shape index (κ2) is 4.02. The molecule has 1 rings (SSSR count). The maximum atomic E-state index is 12.6. The van der Waals surface area contributed by atoms with Gasteiger partial charge in [-0.05, 0) is 18.2 Å². The molecule has 12 heavy (non-hydrogen) atoms. The summed E-state index contributed by atoms with van der Waals surface area (Å²) in [5, 5.41) is 0. The van der Waals surface area contributed by atoms with Crippen LogP contribution < -0.4 is 0 Å². The first-order valence-corrected chi connectivity index (χ1v) is 3.74. The average Bonchev–Trinajstić information content (AvgIpc) is 2.05. The summed E-state index contributed by atoms with van der Waals surface area (Å²) in [5.74, 6) is -0.728. The van der Waals surface area contributed by atoms with Crippen LogP contribution in [0.25, 0.3) is 0 Å². The van der Waals surface area contributed by atoms with Gasteiger partial charge in [0.2, 0.25) is 0 Å². The van der Waals surface area contributed by atoms with Gasteiger partial charge in [-0.1, -0.05) is 23.7 Å². The summed E-state index contributed by atoms with van der Waals surface area (Å²) >= 11 is 5.19. The van der Waals surface area contributed by atoms with Crippen molar-refractivity contribution in [1.82, 2.24) is 0 Å². The third-order valence-corrected chi connectivity index (χ3v) is 1.45. The van der Waals surface area contributed by atoms with Gasteiger partial charge in [-0.2, -0.15) is 0 Å². The van der Waals surface area contributed by atoms with Crippen LogP contribution in [0.4, 0.5) is 4.39 Å². The lowest BCUT2D eigenvalue weighted by molar-refractivity contribution is 0.104. The second-order valence-electron chi connectivity index (χ2n) is 2.17. The fraction of sp³-hybridized carbons (Fsp3) is 0. The predicted octanol–water partition coefficient (Wildman–Crippen LogP) is 2.76. The Morgan fingerprint density at radius 1 is 1.50 bits per heavy atom. The van der Waals surface area contributed by atoms with E-state index < -0.39 is 5.82 Å². The van der Waals surface area contributed by atoms with Crippen LogP contribution in [0.3, 0.4) is 0 Å². The zero-order valence-electron chi connectivity index (χ0n) is 6.13. The van der Waals surface area contributed by atoms with E-state index in [0.717, 1.165) is 5.54 Å². The molecule has 0 aromatic heterocycles. The Morgan fingerprint density at radius 3 is 2.83 bits per heavy atom. The molecule has 62 valence electrons. The van der Waals surface area contributed by atoms with E-state index >= 15 is 0 Å². The highest BCUT2D eigenvalue weighted by atomic mass is 35.5. The lowest BCUT2D eigenvalue weighted by Gasteiger charge is -1.93. The number of allylic oxidation sites excluding steroid dienone is 1. The number of hydrogen-bond donors (Lipinski definition) is 0. The van der Waals surface area contributed by atoms with Gasteiger partial charge in [0, 0.05) is 11.1 Å². The van der Waals surface area contributed by atoms with Gasteiger partial charge >= 0.3 is 0 Å². The Bertz CT molecular complexity index is 320. The van der Waals surface area contributed by atoms with Gasteiger partial charge in [0.15, 0.2) is 5.78 Å². The Balaban J connectivity index is 2.96. The van der Waals surface area contributed by atoms with Crippen molar-refractivity contribution in [2.75, 3.05) is 0 Å². The van der Waals surface area contributed by atoms with E-state index in [2.05, 4.69) is 0 Å². The van der Waals surface area contributed by atoms with Gasteiger partial charge in [0.25, 0.3) is 0 Å². The van der Waals surface area contributed by atoms with E-state index in [0.29, 0.717) is 5.56 Å². The van der Waals surface area contributed by atoms with Crippen molar-refractivity contribution in [1.29, 1.82) is 0 Å². The molecule has 1 aromatic carbocycles. The van der Waals surface area contributed by atoms with Crippen molar-refractivity contribution in [2.24, 2.45) is 0 Å². The SMILES string of the molecule is O=C(/C=C/Cl)c1cccc(F)c1. The quantitative estimate of drug-likeness (QED) is 0.510. The average molecular weight is 185 g/mol. The monoisotopic (exact) mass is 184 g/mol. The third kappa shape index (κ3) is 2.17. The maximum absolute atomic E-state index is 12.6. The first-order chi connectivity index (χ1) is 5.74. The van der Waals surface area contributed by atoms with E-state index in [1.165, 1.54) is 30.3 Å². The van der Waals surface area contributed by atoms with Gasteiger partial charge < -0.3 is 0 Å². The van der Waals surface area contributed by atoms with E-state index in [-0.39, 0.29) is 5.78 Å². The van der Waals surface area contributed by atoms with Crippen molar-refractivity contribution in [3.05, 3.63) is 47.3 Å². The molecule has 0 aliphatic carbocycles. The van der Waals surface area contributed by atoms with E-state index in [1.54, 1.807) is 0 Å². The van der Waals surface area contributed by atoms with Gasteiger partial charge in [-0.15, -0.1) is 0 Å². The molecule has 0 fully saturated rings. The molecule has 0 radical (unpaired) electrons. The van der Waals surface area contributed by atoms with Crippen molar-refractivity contribution < 1.29 is 9.18 Å². The Morgan fingerprint density at radius 2 is 2.25 bits per heavy atom. The first-order valence-electron chi connectivity index (χ1n) is 3.30.